The predicted molar refractivity (Wildman–Crippen MR) is 134 cm³/mol. The number of nitrogens with zero attached hydrogens (tertiary/aromatic N) is 4. The molecule has 10 nitrogen and oxygen atoms in total. The first-order chi connectivity index (χ1) is 18.0. The standard InChI is InChI=1S/C26H24FN5O5/c1-2-36-26(35)18-14-32(22-12-28-13-23(33)30-22)20-11-21(19(27)10-17(20)25(18)34)31-9-5-6-16(31)15-37-24-7-3-4-8-29-24/h3-4,7-8,10-14,16H,2,5-6,9,15H2,1H3,(H,30,33). The quantitative estimate of drug-likeness (QED) is 0.381. The second-order valence-corrected chi connectivity index (χ2v) is 8.53. The van der Waals surface area contributed by atoms with Crippen molar-refractivity contribution in [2.45, 2.75) is 25.8 Å². The molecule has 0 spiro atoms. The van der Waals surface area contributed by atoms with Crippen LogP contribution >= 0.6 is 0 Å². The molecule has 1 N–H and O–H groups in total. The Labute approximate surface area is 210 Å². The van der Waals surface area contributed by atoms with Gasteiger partial charge < -0.3 is 23.9 Å². The third kappa shape index (κ3) is 4.80. The molecule has 1 atom stereocenters. The lowest BCUT2D eigenvalue weighted by molar-refractivity contribution is 0.0524. The topological polar surface area (TPSA) is 119 Å². The first-order valence-electron chi connectivity index (χ1n) is 11.9. The van der Waals surface area contributed by atoms with E-state index in [1.165, 1.54) is 17.0 Å². The van der Waals surface area contributed by atoms with Crippen molar-refractivity contribution in [3.05, 3.63) is 87.1 Å². The lowest BCUT2D eigenvalue weighted by atomic mass is 10.1. The monoisotopic (exact) mass is 505 g/mol. The summed E-state index contributed by atoms with van der Waals surface area (Å²) in [5, 5.41) is -0.0306. The Morgan fingerprint density at radius 2 is 2.11 bits per heavy atom. The van der Waals surface area contributed by atoms with Crippen molar-refractivity contribution in [1.29, 1.82) is 0 Å². The number of hydrogen-bond donors (Lipinski definition) is 1. The van der Waals surface area contributed by atoms with Gasteiger partial charge in [-0.05, 0) is 38.0 Å². The highest BCUT2D eigenvalue weighted by Crippen LogP contribution is 2.32. The first kappa shape index (κ1) is 24.2. The number of aromatic nitrogens is 4. The molecule has 0 bridgehead atoms. The lowest BCUT2D eigenvalue weighted by Crippen LogP contribution is -2.35. The molecule has 1 saturated heterocycles. The Balaban J connectivity index is 1.62. The zero-order valence-corrected chi connectivity index (χ0v) is 20.0. The molecule has 4 aromatic rings. The van der Waals surface area contributed by atoms with Crippen LogP contribution in [0.15, 0.2) is 64.7 Å². The first-order valence-corrected chi connectivity index (χ1v) is 11.9. The average Bonchev–Trinajstić information content (AvgIpc) is 3.37. The van der Waals surface area contributed by atoms with Crippen LogP contribution in [0.5, 0.6) is 5.88 Å². The molecule has 11 heteroatoms. The Hall–Kier alpha value is -4.54. The maximum Gasteiger partial charge on any atom is 0.343 e. The van der Waals surface area contributed by atoms with Gasteiger partial charge in [-0.3, -0.25) is 14.6 Å². The number of esters is 1. The van der Waals surface area contributed by atoms with Crippen LogP contribution in [0.1, 0.15) is 30.1 Å². The molecule has 1 aliphatic heterocycles. The van der Waals surface area contributed by atoms with Gasteiger partial charge in [-0.15, -0.1) is 0 Å². The highest BCUT2D eigenvalue weighted by atomic mass is 19.1. The summed E-state index contributed by atoms with van der Waals surface area (Å²) >= 11 is 0. The summed E-state index contributed by atoms with van der Waals surface area (Å²) in [5.74, 6) is -0.766. The van der Waals surface area contributed by atoms with Gasteiger partial charge in [-0.2, -0.15) is 0 Å². The van der Waals surface area contributed by atoms with Crippen molar-refractivity contribution >= 4 is 22.6 Å². The Bertz CT molecular complexity index is 1570. The molecular weight excluding hydrogens is 481 g/mol. The summed E-state index contributed by atoms with van der Waals surface area (Å²) < 4.78 is 27.8. The molecule has 0 radical (unpaired) electrons. The fourth-order valence-electron chi connectivity index (χ4n) is 4.54. The minimum atomic E-state index is -0.842. The van der Waals surface area contributed by atoms with Crippen LogP contribution < -0.4 is 20.6 Å². The molecule has 0 saturated carbocycles. The number of nitrogens with one attached hydrogen (secondary N) is 1. The highest BCUT2D eigenvalue weighted by Gasteiger charge is 2.29. The Morgan fingerprint density at radius 1 is 1.24 bits per heavy atom. The molecule has 1 unspecified atom stereocenters. The summed E-state index contributed by atoms with van der Waals surface area (Å²) in [5.41, 5.74) is -0.847. The molecule has 3 aromatic heterocycles. The van der Waals surface area contributed by atoms with Gasteiger partial charge in [0, 0.05) is 25.0 Å². The second-order valence-electron chi connectivity index (χ2n) is 8.53. The van der Waals surface area contributed by atoms with Crippen LogP contribution in [0.3, 0.4) is 0 Å². The number of anilines is 1. The number of H-pyrrole nitrogens is 1. The zero-order chi connectivity index (χ0) is 25.9. The normalized spacial score (nSPS) is 15.2. The summed E-state index contributed by atoms with van der Waals surface area (Å²) in [4.78, 5) is 50.3. The number of carbonyl (C=O) groups is 1. The van der Waals surface area contributed by atoms with Gasteiger partial charge in [0.05, 0.1) is 41.6 Å². The van der Waals surface area contributed by atoms with E-state index in [1.54, 1.807) is 31.3 Å². The maximum atomic E-state index is 15.5. The van der Waals surface area contributed by atoms with E-state index in [-0.39, 0.29) is 35.1 Å². The van der Waals surface area contributed by atoms with E-state index >= 15 is 4.39 Å². The van der Waals surface area contributed by atoms with Gasteiger partial charge in [0.25, 0.3) is 5.56 Å². The predicted octanol–water partition coefficient (Wildman–Crippen LogP) is 2.83. The molecule has 5 rings (SSSR count). The van der Waals surface area contributed by atoms with Crippen LogP contribution in [0.25, 0.3) is 16.7 Å². The van der Waals surface area contributed by atoms with Gasteiger partial charge in [0.2, 0.25) is 11.3 Å². The van der Waals surface area contributed by atoms with Gasteiger partial charge >= 0.3 is 5.97 Å². The smallest absolute Gasteiger partial charge is 0.343 e. The van der Waals surface area contributed by atoms with Gasteiger partial charge in [0.1, 0.15) is 23.8 Å². The molecule has 1 aliphatic rings. The number of pyridine rings is 2. The van der Waals surface area contributed by atoms with E-state index in [0.29, 0.717) is 24.5 Å². The Morgan fingerprint density at radius 3 is 2.86 bits per heavy atom. The minimum Gasteiger partial charge on any atom is -0.475 e. The van der Waals surface area contributed by atoms with E-state index in [9.17, 15) is 14.4 Å². The molecule has 0 amide bonds. The summed E-state index contributed by atoms with van der Waals surface area (Å²) in [6.45, 7) is 2.57. The van der Waals surface area contributed by atoms with Crippen LogP contribution in [0.2, 0.25) is 0 Å². The number of halogens is 1. The van der Waals surface area contributed by atoms with E-state index in [4.69, 9.17) is 9.47 Å². The van der Waals surface area contributed by atoms with Crippen molar-refractivity contribution in [2.24, 2.45) is 0 Å². The minimum absolute atomic E-state index is 0.0306. The third-order valence-electron chi connectivity index (χ3n) is 6.21. The van der Waals surface area contributed by atoms with Crippen LogP contribution in [-0.4, -0.2) is 51.3 Å². The number of benzene rings is 1. The number of fused-ring (bicyclic) bond motifs is 1. The number of rotatable bonds is 7. The fraction of sp³-hybridized carbons (Fsp3) is 0.269. The SMILES string of the molecule is CCOC(=O)c1cn(-c2cncc(=O)[nH]2)c2cc(N3CCCC3COc3ccccn3)c(F)cc2c1=O. The Kier molecular flexibility index (Phi) is 6.67. The molecule has 1 fully saturated rings. The average molecular weight is 506 g/mol. The highest BCUT2D eigenvalue weighted by molar-refractivity contribution is 5.95. The van der Waals surface area contributed by atoms with Crippen LogP contribution in [0, 0.1) is 5.82 Å². The van der Waals surface area contributed by atoms with Crippen LogP contribution in [0.4, 0.5) is 10.1 Å². The summed E-state index contributed by atoms with van der Waals surface area (Å²) in [6.07, 6.45) is 7.01. The molecule has 190 valence electrons. The van der Waals surface area contributed by atoms with Gasteiger partial charge in [0.15, 0.2) is 0 Å². The third-order valence-corrected chi connectivity index (χ3v) is 6.21. The summed E-state index contributed by atoms with van der Waals surface area (Å²) in [6, 6.07) is 7.92. The lowest BCUT2D eigenvalue weighted by Gasteiger charge is -2.27. The molecule has 0 aliphatic carbocycles. The van der Waals surface area contributed by atoms with Crippen molar-refractivity contribution in [3.63, 3.8) is 0 Å². The van der Waals surface area contributed by atoms with Gasteiger partial charge in [-0.25, -0.2) is 14.2 Å². The number of aromatic amines is 1. The van der Waals surface area contributed by atoms with Crippen molar-refractivity contribution in [1.82, 2.24) is 19.5 Å². The largest absolute Gasteiger partial charge is 0.475 e. The fourth-order valence-corrected chi connectivity index (χ4v) is 4.54. The second kappa shape index (κ2) is 10.2. The molecule has 4 heterocycles. The van der Waals surface area contributed by atoms with Crippen molar-refractivity contribution in [2.75, 3.05) is 24.7 Å². The molecule has 1 aromatic carbocycles. The molecule has 37 heavy (non-hydrogen) atoms. The van der Waals surface area contributed by atoms with Crippen molar-refractivity contribution < 1.29 is 18.7 Å². The van der Waals surface area contributed by atoms with E-state index in [1.807, 2.05) is 11.0 Å². The zero-order valence-electron chi connectivity index (χ0n) is 20.0. The molecular formula is C26H24FN5O5. The van der Waals surface area contributed by atoms with Gasteiger partial charge in [-0.1, -0.05) is 6.07 Å². The number of hydrogen-bond acceptors (Lipinski definition) is 8. The number of carbonyl (C=O) groups excluding carboxylic acids is 1. The maximum absolute atomic E-state index is 15.5. The summed E-state index contributed by atoms with van der Waals surface area (Å²) in [7, 11) is 0. The van der Waals surface area contributed by atoms with E-state index < -0.39 is 22.8 Å². The van der Waals surface area contributed by atoms with E-state index in [2.05, 4.69) is 15.0 Å². The van der Waals surface area contributed by atoms with Crippen molar-refractivity contribution in [3.8, 4) is 11.7 Å². The van der Waals surface area contributed by atoms with E-state index in [0.717, 1.165) is 25.1 Å². The van der Waals surface area contributed by atoms with Crippen LogP contribution in [-0.2, 0) is 4.74 Å². The number of ether oxygens (including phenoxy) is 2.